The fourth-order valence-corrected chi connectivity index (χ4v) is 5.30. The lowest BCUT2D eigenvalue weighted by Gasteiger charge is -2.64. The zero-order valence-corrected chi connectivity index (χ0v) is 12.8. The first-order valence-electron chi connectivity index (χ1n) is 8.11. The molecule has 1 amide bonds. The number of nitrogens with zero attached hydrogens (tertiary/aromatic N) is 1. The van der Waals surface area contributed by atoms with E-state index in [0.717, 1.165) is 11.3 Å². The van der Waals surface area contributed by atoms with E-state index in [9.17, 15) is 9.59 Å². The van der Waals surface area contributed by atoms with E-state index in [1.165, 1.54) is 0 Å². The highest BCUT2D eigenvalue weighted by Gasteiger charge is 2.85. The van der Waals surface area contributed by atoms with Crippen LogP contribution in [0.4, 0.5) is 5.69 Å². The van der Waals surface area contributed by atoms with Crippen LogP contribution in [0.3, 0.4) is 0 Å². The molecule has 0 aromatic heterocycles. The summed E-state index contributed by atoms with van der Waals surface area (Å²) in [6.07, 6.45) is 4.64. The summed E-state index contributed by atoms with van der Waals surface area (Å²) >= 11 is 0. The summed E-state index contributed by atoms with van der Waals surface area (Å²) in [7, 11) is 0. The van der Waals surface area contributed by atoms with Crippen LogP contribution in [0.2, 0.25) is 0 Å². The van der Waals surface area contributed by atoms with E-state index < -0.39 is 11.0 Å². The van der Waals surface area contributed by atoms with Crippen LogP contribution in [0.25, 0.3) is 0 Å². The van der Waals surface area contributed by atoms with Crippen molar-refractivity contribution in [2.75, 3.05) is 11.5 Å². The lowest BCUT2D eigenvalue weighted by molar-refractivity contribution is -0.186. The van der Waals surface area contributed by atoms with Gasteiger partial charge in [0.25, 0.3) is 0 Å². The maximum Gasteiger partial charge on any atom is 0.334 e. The molecule has 5 heteroatoms. The van der Waals surface area contributed by atoms with Crippen LogP contribution >= 0.6 is 0 Å². The quantitative estimate of drug-likeness (QED) is 0.785. The number of hydrogen-bond donors (Lipinski definition) is 0. The number of piperidine rings is 1. The highest BCUT2D eigenvalue weighted by atomic mass is 16.5. The molecule has 1 aromatic rings. The van der Waals surface area contributed by atoms with E-state index >= 15 is 0 Å². The van der Waals surface area contributed by atoms with Crippen LogP contribution in [0.15, 0.2) is 36.6 Å². The minimum atomic E-state index is -0.973. The molecule has 3 aliphatic heterocycles. The molecule has 5 rings (SSSR count). The molecule has 4 atom stereocenters. The molecule has 4 aliphatic rings. The number of rotatable bonds is 2. The van der Waals surface area contributed by atoms with Gasteiger partial charge in [-0.15, -0.1) is 0 Å². The first kappa shape index (κ1) is 13.2. The molecule has 0 radical (unpaired) electrons. The van der Waals surface area contributed by atoms with E-state index in [4.69, 9.17) is 9.47 Å². The molecule has 23 heavy (non-hydrogen) atoms. The Kier molecular flexibility index (Phi) is 2.27. The van der Waals surface area contributed by atoms with Gasteiger partial charge in [-0.2, -0.15) is 0 Å². The normalized spacial score (nSPS) is 38.3. The lowest BCUT2D eigenvalue weighted by Crippen LogP contribution is -2.81. The molecule has 0 bridgehead atoms. The van der Waals surface area contributed by atoms with Gasteiger partial charge in [-0.3, -0.25) is 9.69 Å². The Balaban J connectivity index is 1.80. The Morgan fingerprint density at radius 1 is 1.43 bits per heavy atom. The smallest absolute Gasteiger partial charge is 0.334 e. The maximum atomic E-state index is 13.1. The zero-order chi connectivity index (χ0) is 15.8. The molecule has 2 fully saturated rings. The van der Waals surface area contributed by atoms with Gasteiger partial charge in [0, 0.05) is 12.1 Å². The summed E-state index contributed by atoms with van der Waals surface area (Å²) in [5, 5.41) is 0. The molecular weight excluding hydrogens is 294 g/mol. The summed E-state index contributed by atoms with van der Waals surface area (Å²) in [6, 6.07) is 7.77. The van der Waals surface area contributed by atoms with Crippen LogP contribution in [0, 0.1) is 5.41 Å². The molecule has 1 aliphatic carbocycles. The van der Waals surface area contributed by atoms with E-state index in [1.807, 2.05) is 30.3 Å². The summed E-state index contributed by atoms with van der Waals surface area (Å²) in [4.78, 5) is 27.6. The largest absolute Gasteiger partial charge is 0.497 e. The first-order chi connectivity index (χ1) is 11.2. The van der Waals surface area contributed by atoms with Crippen LogP contribution in [-0.2, 0) is 19.1 Å². The summed E-state index contributed by atoms with van der Waals surface area (Å²) in [5.74, 6) is -0.463. The molecule has 0 unspecified atom stereocenters. The van der Waals surface area contributed by atoms with Crippen molar-refractivity contribution in [1.82, 2.24) is 0 Å². The Morgan fingerprint density at radius 2 is 2.26 bits per heavy atom. The number of carbonyl (C=O) groups is 2. The first-order valence-corrected chi connectivity index (χ1v) is 8.11. The number of fused-ring (bicyclic) bond motifs is 4. The topological polar surface area (TPSA) is 55.8 Å². The SMILES string of the molecule is CCOC(=O)[C@@]12[C@H]3c4ccccc4N1C(=O)CC[C@@]21C=CO[C@@H]31. The lowest BCUT2D eigenvalue weighted by atomic mass is 9.43. The molecule has 1 saturated heterocycles. The molecule has 1 spiro atoms. The van der Waals surface area contributed by atoms with Gasteiger partial charge in [-0.25, -0.2) is 4.79 Å². The van der Waals surface area contributed by atoms with E-state index in [-0.39, 0.29) is 23.9 Å². The van der Waals surface area contributed by atoms with E-state index in [1.54, 1.807) is 18.1 Å². The average molecular weight is 311 g/mol. The van der Waals surface area contributed by atoms with Gasteiger partial charge in [0.05, 0.1) is 24.2 Å². The fourth-order valence-electron chi connectivity index (χ4n) is 5.30. The molecule has 1 aromatic carbocycles. The van der Waals surface area contributed by atoms with Gasteiger partial charge in [-0.05, 0) is 31.1 Å². The molecule has 5 nitrogen and oxygen atoms in total. The van der Waals surface area contributed by atoms with Crippen molar-refractivity contribution in [3.63, 3.8) is 0 Å². The van der Waals surface area contributed by atoms with Crippen molar-refractivity contribution in [3.8, 4) is 0 Å². The van der Waals surface area contributed by atoms with Crippen LogP contribution < -0.4 is 4.90 Å². The summed E-state index contributed by atoms with van der Waals surface area (Å²) in [6.45, 7) is 2.10. The molecular formula is C18H17NO4. The minimum Gasteiger partial charge on any atom is -0.497 e. The number of hydrogen-bond acceptors (Lipinski definition) is 4. The van der Waals surface area contributed by atoms with E-state index in [2.05, 4.69) is 0 Å². The second kappa shape index (κ2) is 3.96. The fraction of sp³-hybridized carbons (Fsp3) is 0.444. The summed E-state index contributed by atoms with van der Waals surface area (Å²) in [5.41, 5.74) is 0.414. The number of para-hydroxylation sites is 1. The summed E-state index contributed by atoms with van der Waals surface area (Å²) < 4.78 is 11.3. The number of anilines is 1. The highest BCUT2D eigenvalue weighted by molar-refractivity contribution is 6.10. The number of benzene rings is 1. The standard InChI is InChI=1S/C18H17NO4/c1-2-22-16(21)18-14-11-5-3-4-6-12(11)19(18)13(20)7-8-17(18)9-10-23-15(14)17/h3-6,9-10,14-15H,2,7-8H2,1H3/t14-,15-,17-,18+/m0/s1. The minimum absolute atomic E-state index is 0.00243. The number of ether oxygens (including phenoxy) is 2. The van der Waals surface area contributed by atoms with Gasteiger partial charge in [0.15, 0.2) is 5.54 Å². The van der Waals surface area contributed by atoms with Gasteiger partial charge in [0.1, 0.15) is 6.10 Å². The van der Waals surface area contributed by atoms with Crippen molar-refractivity contribution >= 4 is 17.6 Å². The highest BCUT2D eigenvalue weighted by Crippen LogP contribution is 2.74. The third kappa shape index (κ3) is 1.14. The Hall–Kier alpha value is -2.30. The van der Waals surface area contributed by atoms with Gasteiger partial charge < -0.3 is 9.47 Å². The van der Waals surface area contributed by atoms with Crippen LogP contribution in [0.1, 0.15) is 31.2 Å². The Labute approximate surface area is 133 Å². The number of esters is 1. The van der Waals surface area contributed by atoms with Gasteiger partial charge in [-0.1, -0.05) is 18.2 Å². The monoisotopic (exact) mass is 311 g/mol. The number of carbonyl (C=O) groups excluding carboxylic acids is 2. The maximum absolute atomic E-state index is 13.1. The predicted octanol–water partition coefficient (Wildman–Crippen LogP) is 2.12. The zero-order valence-electron chi connectivity index (χ0n) is 12.8. The van der Waals surface area contributed by atoms with Crippen molar-refractivity contribution in [1.29, 1.82) is 0 Å². The second-order valence-corrected chi connectivity index (χ2v) is 6.65. The van der Waals surface area contributed by atoms with E-state index in [0.29, 0.717) is 19.4 Å². The molecule has 118 valence electrons. The Morgan fingerprint density at radius 3 is 3.09 bits per heavy atom. The number of amides is 1. The average Bonchev–Trinajstić information content (AvgIpc) is 3.03. The molecule has 3 heterocycles. The predicted molar refractivity (Wildman–Crippen MR) is 81.7 cm³/mol. The second-order valence-electron chi connectivity index (χ2n) is 6.65. The van der Waals surface area contributed by atoms with Crippen molar-refractivity contribution in [2.24, 2.45) is 5.41 Å². The van der Waals surface area contributed by atoms with Crippen molar-refractivity contribution in [2.45, 2.75) is 37.3 Å². The van der Waals surface area contributed by atoms with Gasteiger partial charge >= 0.3 is 5.97 Å². The van der Waals surface area contributed by atoms with Crippen molar-refractivity contribution < 1.29 is 19.1 Å². The third-order valence-corrected chi connectivity index (χ3v) is 6.01. The molecule has 1 saturated carbocycles. The van der Waals surface area contributed by atoms with Crippen LogP contribution in [-0.4, -0.2) is 30.1 Å². The van der Waals surface area contributed by atoms with Crippen molar-refractivity contribution in [3.05, 3.63) is 42.2 Å². The van der Waals surface area contributed by atoms with Crippen LogP contribution in [0.5, 0.6) is 0 Å². The third-order valence-electron chi connectivity index (χ3n) is 6.01. The Bertz CT molecular complexity index is 772. The molecule has 0 N–H and O–H groups in total. The van der Waals surface area contributed by atoms with Gasteiger partial charge in [0.2, 0.25) is 5.91 Å².